The molecule has 0 spiro atoms. The molecule has 5 heteroatoms. The van der Waals surface area contributed by atoms with E-state index < -0.39 is 5.54 Å². The Labute approximate surface area is 93.2 Å². The number of hydrogen-bond donors (Lipinski definition) is 0. The number of thiazole rings is 1. The summed E-state index contributed by atoms with van der Waals surface area (Å²) in [5.74, 6) is 0.458. The monoisotopic (exact) mass is 224 g/mol. The summed E-state index contributed by atoms with van der Waals surface area (Å²) >= 11 is 1.44. The van der Waals surface area contributed by atoms with Crippen molar-refractivity contribution in [2.24, 2.45) is 4.99 Å². The highest BCUT2D eigenvalue weighted by Crippen LogP contribution is 2.38. The molecule has 1 aliphatic heterocycles. The maximum atomic E-state index is 12.1. The maximum Gasteiger partial charge on any atom is 0.188 e. The van der Waals surface area contributed by atoms with E-state index in [-0.39, 0.29) is 5.54 Å². The van der Waals surface area contributed by atoms with Gasteiger partial charge in [0.15, 0.2) is 10.8 Å². The molecule has 0 amide bonds. The van der Waals surface area contributed by atoms with Gasteiger partial charge in [-0.2, -0.15) is 5.06 Å². The molecule has 1 aromatic heterocycles. The normalized spacial score (nSPS) is 23.0. The zero-order chi connectivity index (χ0) is 11.3. The lowest BCUT2D eigenvalue weighted by molar-refractivity contribution is -0.158. The molecule has 0 fully saturated rings. The number of amidine groups is 1. The van der Waals surface area contributed by atoms with E-state index in [1.54, 1.807) is 6.20 Å². The van der Waals surface area contributed by atoms with Crippen LogP contribution in [0.4, 0.5) is 0 Å². The Kier molecular flexibility index (Phi) is 2.13. The van der Waals surface area contributed by atoms with E-state index in [1.807, 2.05) is 33.1 Å². The van der Waals surface area contributed by atoms with Gasteiger partial charge in [0, 0.05) is 11.6 Å². The lowest BCUT2D eigenvalue weighted by Crippen LogP contribution is -2.50. The van der Waals surface area contributed by atoms with Crippen LogP contribution in [0.15, 0.2) is 16.6 Å². The van der Waals surface area contributed by atoms with Gasteiger partial charge < -0.3 is 0 Å². The first-order valence-electron chi connectivity index (χ1n) is 4.83. The van der Waals surface area contributed by atoms with Crippen LogP contribution >= 0.6 is 11.3 Å². The number of hydrogen-bond acceptors (Lipinski definition) is 4. The van der Waals surface area contributed by atoms with Crippen LogP contribution in [-0.4, -0.2) is 27.0 Å². The summed E-state index contributed by atoms with van der Waals surface area (Å²) < 4.78 is 0. The second kappa shape index (κ2) is 3.02. The average molecular weight is 224 g/mol. The molecule has 2 rings (SSSR count). The first-order chi connectivity index (χ1) is 6.86. The third-order valence-corrected chi connectivity index (χ3v) is 3.98. The molecule has 0 atom stereocenters. The number of aromatic nitrogens is 1. The Morgan fingerprint density at radius 2 is 2.00 bits per heavy atom. The number of aliphatic imine (C=N–C) groups is 1. The van der Waals surface area contributed by atoms with Crippen molar-refractivity contribution in [3.63, 3.8) is 0 Å². The quantitative estimate of drug-likeness (QED) is 0.733. The van der Waals surface area contributed by atoms with Crippen molar-refractivity contribution >= 4 is 17.2 Å². The Bertz CT molecular complexity index is 395. The van der Waals surface area contributed by atoms with Gasteiger partial charge in [0.25, 0.3) is 0 Å². The average Bonchev–Trinajstić information content (AvgIpc) is 2.69. The van der Waals surface area contributed by atoms with Crippen molar-refractivity contribution in [3.05, 3.63) is 16.6 Å². The van der Waals surface area contributed by atoms with Gasteiger partial charge in [-0.15, -0.1) is 11.3 Å². The Hall–Kier alpha value is -0.940. The zero-order valence-corrected chi connectivity index (χ0v) is 10.1. The fraction of sp³-hybridized carbons (Fsp3) is 0.600. The summed E-state index contributed by atoms with van der Waals surface area (Å²) in [5, 5.41) is 15.6. The van der Waals surface area contributed by atoms with Crippen molar-refractivity contribution in [1.82, 2.24) is 10.0 Å². The summed E-state index contributed by atoms with van der Waals surface area (Å²) in [6.07, 6.45) is 1.69. The van der Waals surface area contributed by atoms with Crippen LogP contribution in [-0.2, 0) is 5.21 Å². The highest BCUT2D eigenvalue weighted by Gasteiger charge is 2.50. The maximum absolute atomic E-state index is 12.1. The van der Waals surface area contributed by atoms with Gasteiger partial charge in [-0.05, 0) is 27.7 Å². The molecule has 1 radical (unpaired) electrons. The minimum atomic E-state index is -0.520. The summed E-state index contributed by atoms with van der Waals surface area (Å²) in [6.45, 7) is 7.76. The molecule has 0 aromatic carbocycles. The van der Waals surface area contributed by atoms with E-state index in [2.05, 4.69) is 9.98 Å². The van der Waals surface area contributed by atoms with E-state index in [1.165, 1.54) is 11.3 Å². The van der Waals surface area contributed by atoms with Crippen molar-refractivity contribution < 1.29 is 5.21 Å². The molecule has 0 N–H and O–H groups in total. The number of rotatable bonds is 1. The molecule has 1 aliphatic rings. The topological polar surface area (TPSA) is 48.4 Å². The first-order valence-corrected chi connectivity index (χ1v) is 5.71. The van der Waals surface area contributed by atoms with Gasteiger partial charge in [-0.1, -0.05) is 5.21 Å². The molecular weight excluding hydrogens is 210 g/mol. The van der Waals surface area contributed by atoms with E-state index in [0.29, 0.717) is 10.8 Å². The predicted molar refractivity (Wildman–Crippen MR) is 59.3 cm³/mol. The van der Waals surface area contributed by atoms with Crippen molar-refractivity contribution in [2.75, 3.05) is 0 Å². The molecule has 0 unspecified atom stereocenters. The van der Waals surface area contributed by atoms with Crippen LogP contribution in [0.5, 0.6) is 0 Å². The highest BCUT2D eigenvalue weighted by atomic mass is 32.1. The fourth-order valence-corrected chi connectivity index (χ4v) is 2.04. The molecule has 4 nitrogen and oxygen atoms in total. The van der Waals surface area contributed by atoms with Gasteiger partial charge in [0.05, 0.1) is 11.1 Å². The highest BCUT2D eigenvalue weighted by molar-refractivity contribution is 7.11. The van der Waals surface area contributed by atoms with E-state index >= 15 is 0 Å². The molecule has 0 saturated carbocycles. The molecule has 2 heterocycles. The van der Waals surface area contributed by atoms with Crippen LogP contribution in [0.1, 0.15) is 32.7 Å². The van der Waals surface area contributed by atoms with Crippen molar-refractivity contribution in [2.45, 2.75) is 38.8 Å². The van der Waals surface area contributed by atoms with Gasteiger partial charge in [0.2, 0.25) is 0 Å². The molecule has 15 heavy (non-hydrogen) atoms. The van der Waals surface area contributed by atoms with Gasteiger partial charge in [0.1, 0.15) is 0 Å². The second-order valence-electron chi connectivity index (χ2n) is 4.69. The molecule has 0 bridgehead atoms. The summed E-state index contributed by atoms with van der Waals surface area (Å²) in [6, 6.07) is 0. The molecule has 1 aromatic rings. The smallest absolute Gasteiger partial charge is 0.188 e. The molecular formula is C10H14N3OS. The van der Waals surface area contributed by atoms with E-state index in [0.717, 1.165) is 5.06 Å². The first kappa shape index (κ1) is 10.6. The van der Waals surface area contributed by atoms with Crippen LogP contribution < -0.4 is 0 Å². The van der Waals surface area contributed by atoms with Crippen molar-refractivity contribution in [1.29, 1.82) is 0 Å². The predicted octanol–water partition coefficient (Wildman–Crippen LogP) is 2.11. The standard InChI is InChI=1S/C10H14N3OS/c1-9(2)10(3,4)13(14)7(12-9)8-11-5-6-15-8/h5-6H,1-4H3. The van der Waals surface area contributed by atoms with E-state index in [4.69, 9.17) is 0 Å². The SMILES string of the molecule is CC1(C)N=C(c2nccs2)N([O])C1(C)C. The number of hydroxylamine groups is 2. The minimum Gasteiger partial charge on any atom is -0.255 e. The molecule has 0 saturated heterocycles. The Morgan fingerprint density at radius 1 is 1.33 bits per heavy atom. The van der Waals surface area contributed by atoms with Crippen LogP contribution in [0.2, 0.25) is 0 Å². The van der Waals surface area contributed by atoms with Crippen LogP contribution in [0.25, 0.3) is 0 Å². The zero-order valence-electron chi connectivity index (χ0n) is 9.31. The largest absolute Gasteiger partial charge is 0.255 e. The summed E-state index contributed by atoms with van der Waals surface area (Å²) in [5.41, 5.74) is -0.899. The van der Waals surface area contributed by atoms with Crippen LogP contribution in [0, 0.1) is 0 Å². The third kappa shape index (κ3) is 1.38. The minimum absolute atomic E-state index is 0.379. The summed E-state index contributed by atoms with van der Waals surface area (Å²) in [7, 11) is 0. The van der Waals surface area contributed by atoms with Crippen molar-refractivity contribution in [3.8, 4) is 0 Å². The lowest BCUT2D eigenvalue weighted by Gasteiger charge is -2.35. The Balaban J connectivity index is 2.46. The van der Waals surface area contributed by atoms with Gasteiger partial charge >= 0.3 is 0 Å². The Morgan fingerprint density at radius 3 is 2.40 bits per heavy atom. The molecule has 0 aliphatic carbocycles. The fourth-order valence-electron chi connectivity index (χ4n) is 1.43. The second-order valence-corrected chi connectivity index (χ2v) is 5.58. The van der Waals surface area contributed by atoms with Crippen LogP contribution in [0.3, 0.4) is 0 Å². The van der Waals surface area contributed by atoms with Gasteiger partial charge in [-0.25, -0.2) is 4.98 Å². The third-order valence-electron chi connectivity index (χ3n) is 3.21. The van der Waals surface area contributed by atoms with Gasteiger partial charge in [-0.3, -0.25) is 4.99 Å². The number of nitrogens with zero attached hydrogens (tertiary/aromatic N) is 3. The molecule has 81 valence electrons. The summed E-state index contributed by atoms with van der Waals surface area (Å²) in [4.78, 5) is 8.60. The lowest BCUT2D eigenvalue weighted by atomic mass is 9.84. The van der Waals surface area contributed by atoms with E-state index in [9.17, 15) is 5.21 Å².